The second-order valence-electron chi connectivity index (χ2n) is 8.56. The van der Waals surface area contributed by atoms with E-state index in [1.807, 2.05) is 69.4 Å². The van der Waals surface area contributed by atoms with Crippen LogP contribution in [0.2, 0.25) is 5.15 Å². The highest BCUT2D eigenvalue weighted by Crippen LogP contribution is 2.34. The molecule has 2 aromatic heterocycles. The summed E-state index contributed by atoms with van der Waals surface area (Å²) in [4.78, 5) is 14.7. The fourth-order valence-corrected chi connectivity index (χ4v) is 4.17. The lowest BCUT2D eigenvalue weighted by molar-refractivity contribution is 0.160. The Hall–Kier alpha value is -1.84. The summed E-state index contributed by atoms with van der Waals surface area (Å²) in [6, 6.07) is 0.468. The predicted molar refractivity (Wildman–Crippen MR) is 169 cm³/mol. The molecule has 1 saturated heterocycles. The summed E-state index contributed by atoms with van der Waals surface area (Å²) in [6.07, 6.45) is 3.63. The molecule has 2 aliphatic heterocycles. The van der Waals surface area contributed by atoms with Crippen LogP contribution in [0.3, 0.4) is 0 Å². The maximum Gasteiger partial charge on any atom is 0.228 e. The van der Waals surface area contributed by atoms with Crippen LogP contribution in [0.15, 0.2) is 0 Å². The highest BCUT2D eigenvalue weighted by molar-refractivity contribution is 6.30. The number of unbranched alkanes of at least 4 members (excludes halogenated alkanes) is 1. The highest BCUT2D eigenvalue weighted by atomic mass is 35.5. The molecule has 234 valence electrons. The minimum atomic E-state index is -0.653. The predicted octanol–water partition coefficient (Wildman–Crippen LogP) is 8.23. The molecule has 0 saturated carbocycles. The van der Waals surface area contributed by atoms with Crippen molar-refractivity contribution in [3.63, 3.8) is 0 Å². The van der Waals surface area contributed by atoms with E-state index in [1.54, 1.807) is 6.92 Å². The summed E-state index contributed by atoms with van der Waals surface area (Å²) >= 11 is 5.89. The maximum atomic E-state index is 14.3. The van der Waals surface area contributed by atoms with Crippen LogP contribution >= 0.6 is 11.6 Å². The smallest absolute Gasteiger partial charge is 0.228 e. The number of halogens is 3. The molecular weight excluding hydrogens is 534 g/mol. The molecule has 40 heavy (non-hydrogen) atoms. The van der Waals surface area contributed by atoms with Gasteiger partial charge in [-0.25, -0.2) is 18.7 Å². The van der Waals surface area contributed by atoms with Crippen molar-refractivity contribution in [1.29, 1.82) is 0 Å². The second-order valence-corrected chi connectivity index (χ2v) is 8.92. The van der Waals surface area contributed by atoms with E-state index in [9.17, 15) is 8.78 Å². The van der Waals surface area contributed by atoms with E-state index >= 15 is 0 Å². The summed E-state index contributed by atoms with van der Waals surface area (Å²) in [5.74, 6) is 0.578. The van der Waals surface area contributed by atoms with E-state index in [-0.39, 0.29) is 22.7 Å². The Balaban J connectivity index is 0. The molecule has 3 unspecified atom stereocenters. The number of ether oxygens (including phenoxy) is 1. The van der Waals surface area contributed by atoms with Gasteiger partial charge in [0.05, 0.1) is 0 Å². The van der Waals surface area contributed by atoms with Gasteiger partial charge in [0, 0.05) is 32.2 Å². The van der Waals surface area contributed by atoms with E-state index < -0.39 is 12.0 Å². The van der Waals surface area contributed by atoms with Gasteiger partial charge < -0.3 is 20.3 Å². The van der Waals surface area contributed by atoms with Crippen molar-refractivity contribution in [3.05, 3.63) is 16.8 Å². The van der Waals surface area contributed by atoms with Crippen LogP contribution in [-0.4, -0.2) is 71.4 Å². The minimum Gasteiger partial charge on any atom is -0.473 e. The molecule has 0 spiro atoms. The number of likely N-dealkylation sites (N-methyl/N-ethyl adjacent to an activating group) is 1. The van der Waals surface area contributed by atoms with Gasteiger partial charge in [0.1, 0.15) is 34.8 Å². The number of alkyl halides is 1. The van der Waals surface area contributed by atoms with Crippen LogP contribution in [0.25, 0.3) is 10.9 Å². The Bertz CT molecular complexity index is 922. The van der Waals surface area contributed by atoms with Crippen molar-refractivity contribution >= 4 is 28.3 Å². The zero-order valence-corrected chi connectivity index (χ0v) is 28.0. The summed E-state index contributed by atoms with van der Waals surface area (Å²) in [6.45, 7) is 24.6. The van der Waals surface area contributed by atoms with Gasteiger partial charge in [0.15, 0.2) is 11.0 Å². The number of rotatable bonds is 3. The van der Waals surface area contributed by atoms with Gasteiger partial charge in [-0.1, -0.05) is 86.8 Å². The Kier molecular flexibility index (Phi) is 24.0. The average molecular weight is 591 g/mol. The van der Waals surface area contributed by atoms with Gasteiger partial charge in [-0.15, -0.1) is 0 Å². The molecule has 2 N–H and O–H groups in total. The van der Waals surface area contributed by atoms with Crippen LogP contribution in [0.4, 0.5) is 14.6 Å². The third-order valence-corrected chi connectivity index (χ3v) is 5.82. The topological polar surface area (TPSA) is 75.2 Å². The van der Waals surface area contributed by atoms with Gasteiger partial charge in [-0.2, -0.15) is 4.98 Å². The first-order valence-corrected chi connectivity index (χ1v) is 15.7. The molecule has 0 aromatic carbocycles. The summed E-state index contributed by atoms with van der Waals surface area (Å²) < 4.78 is 32.7. The summed E-state index contributed by atoms with van der Waals surface area (Å²) in [5, 5.41) is 6.56. The first-order chi connectivity index (χ1) is 19.3. The van der Waals surface area contributed by atoms with E-state index in [2.05, 4.69) is 37.4 Å². The number of nitrogens with zero attached hydrogens (tertiary/aromatic N) is 4. The third kappa shape index (κ3) is 13.7. The van der Waals surface area contributed by atoms with E-state index in [0.29, 0.717) is 36.2 Å². The first-order valence-electron chi connectivity index (χ1n) is 15.3. The van der Waals surface area contributed by atoms with Crippen LogP contribution in [0.1, 0.15) is 101 Å². The quantitative estimate of drug-likeness (QED) is 0.349. The molecule has 0 radical (unpaired) electrons. The number of pyridine rings is 1. The molecule has 10 heteroatoms. The number of aromatic nitrogens is 3. The van der Waals surface area contributed by atoms with Crippen LogP contribution in [0.5, 0.6) is 5.88 Å². The second kappa shape index (κ2) is 23.8. The normalized spacial score (nSPS) is 19.6. The van der Waals surface area contributed by atoms with Gasteiger partial charge in [0.25, 0.3) is 0 Å². The van der Waals surface area contributed by atoms with Crippen molar-refractivity contribution in [3.8, 4) is 5.88 Å². The number of nitrogens with one attached hydrogen (secondary N) is 2. The Morgan fingerprint density at radius 3 is 2.23 bits per heavy atom. The molecule has 4 heterocycles. The number of hydrogen-bond acceptors (Lipinski definition) is 7. The Labute approximate surface area is 248 Å². The maximum absolute atomic E-state index is 14.3. The lowest BCUT2D eigenvalue weighted by Crippen LogP contribution is -2.35. The van der Waals surface area contributed by atoms with Gasteiger partial charge in [0.2, 0.25) is 5.88 Å². The molecule has 2 aliphatic rings. The van der Waals surface area contributed by atoms with Crippen LogP contribution < -0.4 is 15.4 Å². The monoisotopic (exact) mass is 590 g/mol. The Morgan fingerprint density at radius 2 is 1.68 bits per heavy atom. The lowest BCUT2D eigenvalue weighted by Gasteiger charge is -2.25. The number of anilines is 1. The molecule has 1 fully saturated rings. The van der Waals surface area contributed by atoms with Crippen molar-refractivity contribution in [2.75, 3.05) is 38.5 Å². The molecule has 2 aromatic rings. The van der Waals surface area contributed by atoms with Crippen molar-refractivity contribution in [1.82, 2.24) is 25.2 Å². The van der Waals surface area contributed by atoms with Crippen molar-refractivity contribution in [2.24, 2.45) is 0 Å². The molecule has 7 nitrogen and oxygen atoms in total. The SMILES string of the molecule is CC.CC.CC.CC.CCCCC1CC(F)CN1.Cc1nc2c3c(nc(Cl)c(F)c3n1)OC(C)CN(C)CCN2. The van der Waals surface area contributed by atoms with Gasteiger partial charge in [-0.05, 0) is 33.7 Å². The fourth-order valence-electron chi connectivity index (χ4n) is 4.00. The van der Waals surface area contributed by atoms with E-state index in [1.165, 1.54) is 12.8 Å². The first kappa shape index (κ1) is 40.3. The molecule has 0 amide bonds. The third-order valence-electron chi connectivity index (χ3n) is 5.57. The molecular formula is C30H57ClF2N6O. The molecule has 0 aliphatic carbocycles. The minimum absolute atomic E-state index is 0.116. The zero-order chi connectivity index (χ0) is 31.3. The van der Waals surface area contributed by atoms with E-state index in [0.717, 1.165) is 25.9 Å². The van der Waals surface area contributed by atoms with Crippen molar-refractivity contribution < 1.29 is 13.5 Å². The highest BCUT2D eigenvalue weighted by Gasteiger charge is 2.23. The number of hydrogen-bond donors (Lipinski definition) is 2. The molecule has 3 atom stereocenters. The molecule has 4 rings (SSSR count). The lowest BCUT2D eigenvalue weighted by atomic mass is 10.1. The summed E-state index contributed by atoms with van der Waals surface area (Å²) in [7, 11) is 2.01. The zero-order valence-electron chi connectivity index (χ0n) is 27.2. The van der Waals surface area contributed by atoms with Crippen molar-refractivity contribution in [2.45, 2.75) is 120 Å². The molecule has 0 bridgehead atoms. The standard InChI is InChI=1S/C14H17ClFN5O.C8H16FN.4C2H6/c1-7-6-21(3)5-4-17-13-9-11(18-8(2)19-13)10(16)12(15)20-14(9)22-7;1-2-3-4-8-5-7(9)6-10-8;4*1-2/h7H,4-6H2,1-3H3,(H,17,18,19);7-8,10H,2-6H2,1H3;4*1-2H3. The average Bonchev–Trinajstić information content (AvgIpc) is 3.39. The fraction of sp³-hybridized carbons (Fsp3) is 0.767. The Morgan fingerprint density at radius 1 is 1.05 bits per heavy atom. The van der Waals surface area contributed by atoms with Gasteiger partial charge >= 0.3 is 0 Å². The van der Waals surface area contributed by atoms with Crippen LogP contribution in [0, 0.1) is 12.7 Å². The van der Waals surface area contributed by atoms with Crippen LogP contribution in [-0.2, 0) is 0 Å². The summed E-state index contributed by atoms with van der Waals surface area (Å²) in [5.41, 5.74) is 0.131. The largest absolute Gasteiger partial charge is 0.473 e. The van der Waals surface area contributed by atoms with Gasteiger partial charge in [-0.3, -0.25) is 0 Å². The van der Waals surface area contributed by atoms with E-state index in [4.69, 9.17) is 16.3 Å². The number of aryl methyl sites for hydroxylation is 1.